The van der Waals surface area contributed by atoms with Gasteiger partial charge in [-0.15, -0.1) is 0 Å². The Morgan fingerprint density at radius 2 is 1.50 bits per heavy atom. The summed E-state index contributed by atoms with van der Waals surface area (Å²) in [7, 11) is -4.11. The molecule has 1 atom stereocenters. The molecule has 3 aromatic carbocycles. The number of sulfonamides is 1. The minimum atomic E-state index is -4.11. The van der Waals surface area contributed by atoms with Crippen LogP contribution in [0.1, 0.15) is 26.3 Å². The molecule has 0 spiro atoms. The SMILES string of the molecule is CCNC(=O)[C@@H](C)N(CCc1ccccc1)C(=O)CN(c1ccccc1)S(=O)(=O)c1ccc(OCC)cc1. The number of amides is 2. The second-order valence-corrected chi connectivity index (χ2v) is 10.5. The summed E-state index contributed by atoms with van der Waals surface area (Å²) in [5.74, 6) is -0.218. The Labute approximate surface area is 225 Å². The Morgan fingerprint density at radius 1 is 0.895 bits per heavy atom. The Kier molecular flexibility index (Phi) is 10.3. The van der Waals surface area contributed by atoms with Gasteiger partial charge in [0.25, 0.3) is 10.0 Å². The zero-order valence-electron chi connectivity index (χ0n) is 22.0. The summed E-state index contributed by atoms with van der Waals surface area (Å²) < 4.78 is 34.1. The molecule has 0 saturated heterocycles. The highest BCUT2D eigenvalue weighted by Crippen LogP contribution is 2.25. The van der Waals surface area contributed by atoms with E-state index in [2.05, 4.69) is 5.32 Å². The number of carbonyl (C=O) groups excluding carboxylic acids is 2. The van der Waals surface area contributed by atoms with Crippen LogP contribution in [0.15, 0.2) is 89.8 Å². The van der Waals surface area contributed by atoms with Gasteiger partial charge in [-0.25, -0.2) is 8.42 Å². The van der Waals surface area contributed by atoms with Gasteiger partial charge in [0.1, 0.15) is 18.3 Å². The lowest BCUT2D eigenvalue weighted by Crippen LogP contribution is -2.52. The number of likely N-dealkylation sites (N-methyl/N-ethyl adjacent to an activating group) is 1. The van der Waals surface area contributed by atoms with Crippen molar-refractivity contribution in [1.82, 2.24) is 10.2 Å². The van der Waals surface area contributed by atoms with E-state index in [0.29, 0.717) is 31.0 Å². The van der Waals surface area contributed by atoms with Crippen molar-refractivity contribution < 1.29 is 22.7 Å². The lowest BCUT2D eigenvalue weighted by molar-refractivity contribution is -0.138. The third kappa shape index (κ3) is 7.35. The molecule has 3 rings (SSSR count). The number of carbonyl (C=O) groups is 2. The molecule has 8 nitrogen and oxygen atoms in total. The van der Waals surface area contributed by atoms with E-state index in [1.54, 1.807) is 56.3 Å². The van der Waals surface area contributed by atoms with Crippen molar-refractivity contribution in [1.29, 1.82) is 0 Å². The van der Waals surface area contributed by atoms with Crippen molar-refractivity contribution in [2.75, 3.05) is 30.5 Å². The summed E-state index contributed by atoms with van der Waals surface area (Å²) in [4.78, 5) is 27.9. The number of hydrogen-bond acceptors (Lipinski definition) is 5. The summed E-state index contributed by atoms with van der Waals surface area (Å²) in [6, 6.07) is 23.4. The Morgan fingerprint density at radius 3 is 2.08 bits per heavy atom. The van der Waals surface area contributed by atoms with Crippen LogP contribution in [0.4, 0.5) is 5.69 Å². The number of ether oxygens (including phenoxy) is 1. The number of anilines is 1. The van der Waals surface area contributed by atoms with Crippen LogP contribution in [0.3, 0.4) is 0 Å². The van der Waals surface area contributed by atoms with E-state index in [0.717, 1.165) is 9.87 Å². The quantitative estimate of drug-likeness (QED) is 0.357. The van der Waals surface area contributed by atoms with Gasteiger partial charge >= 0.3 is 0 Å². The summed E-state index contributed by atoms with van der Waals surface area (Å²) in [6.45, 7) is 5.98. The average molecular weight is 538 g/mol. The number of rotatable bonds is 13. The van der Waals surface area contributed by atoms with Crippen molar-refractivity contribution in [3.63, 3.8) is 0 Å². The van der Waals surface area contributed by atoms with E-state index in [9.17, 15) is 18.0 Å². The monoisotopic (exact) mass is 537 g/mol. The molecular formula is C29H35N3O5S. The number of hydrogen-bond donors (Lipinski definition) is 1. The van der Waals surface area contributed by atoms with Gasteiger partial charge in [0, 0.05) is 13.1 Å². The van der Waals surface area contributed by atoms with Crippen LogP contribution in [0.5, 0.6) is 5.75 Å². The van der Waals surface area contributed by atoms with Crippen molar-refractivity contribution in [2.45, 2.75) is 38.1 Å². The molecule has 0 saturated carbocycles. The highest BCUT2D eigenvalue weighted by Gasteiger charge is 2.32. The molecule has 1 N–H and O–H groups in total. The van der Waals surface area contributed by atoms with Crippen LogP contribution in [0.2, 0.25) is 0 Å². The summed E-state index contributed by atoms with van der Waals surface area (Å²) in [5.41, 5.74) is 1.36. The fraction of sp³-hybridized carbons (Fsp3) is 0.310. The van der Waals surface area contributed by atoms with Crippen molar-refractivity contribution in [2.24, 2.45) is 0 Å². The topological polar surface area (TPSA) is 96.0 Å². The summed E-state index contributed by atoms with van der Waals surface area (Å²) in [5, 5.41) is 2.76. The second kappa shape index (κ2) is 13.6. The van der Waals surface area contributed by atoms with Gasteiger partial charge in [0.05, 0.1) is 17.2 Å². The van der Waals surface area contributed by atoms with Crippen molar-refractivity contribution >= 4 is 27.5 Å². The van der Waals surface area contributed by atoms with Gasteiger partial charge in [-0.3, -0.25) is 13.9 Å². The number of benzene rings is 3. The highest BCUT2D eigenvalue weighted by molar-refractivity contribution is 7.92. The number of nitrogens with zero attached hydrogens (tertiary/aromatic N) is 2. The lowest BCUT2D eigenvalue weighted by atomic mass is 10.1. The van der Waals surface area contributed by atoms with E-state index in [4.69, 9.17) is 4.74 Å². The maximum absolute atomic E-state index is 13.8. The van der Waals surface area contributed by atoms with Crippen LogP contribution in [-0.2, 0) is 26.0 Å². The van der Waals surface area contributed by atoms with Crippen LogP contribution in [0.25, 0.3) is 0 Å². The maximum Gasteiger partial charge on any atom is 0.264 e. The van der Waals surface area contributed by atoms with Gasteiger partial charge in [0.15, 0.2) is 0 Å². The first-order valence-corrected chi connectivity index (χ1v) is 14.1. The smallest absolute Gasteiger partial charge is 0.264 e. The van der Waals surface area contributed by atoms with Gasteiger partial charge in [-0.1, -0.05) is 48.5 Å². The Bertz CT molecular complexity index is 1280. The Balaban J connectivity index is 1.93. The third-order valence-corrected chi connectivity index (χ3v) is 7.84. The zero-order valence-corrected chi connectivity index (χ0v) is 22.9. The number of para-hydroxylation sites is 1. The molecule has 0 radical (unpaired) electrons. The van der Waals surface area contributed by atoms with Crippen LogP contribution < -0.4 is 14.4 Å². The molecule has 0 bridgehead atoms. The first kappa shape index (κ1) is 28.7. The minimum Gasteiger partial charge on any atom is -0.494 e. The molecule has 2 amide bonds. The molecule has 9 heteroatoms. The van der Waals surface area contributed by atoms with Gasteiger partial charge in [-0.2, -0.15) is 0 Å². The molecule has 202 valence electrons. The van der Waals surface area contributed by atoms with Crippen molar-refractivity contribution in [3.8, 4) is 5.75 Å². The average Bonchev–Trinajstić information content (AvgIpc) is 2.93. The molecule has 0 heterocycles. The number of nitrogens with one attached hydrogen (secondary N) is 1. The maximum atomic E-state index is 13.8. The van der Waals surface area contributed by atoms with E-state index >= 15 is 0 Å². The molecule has 0 aliphatic heterocycles. The molecule has 0 fully saturated rings. The molecule has 3 aromatic rings. The molecule has 0 aliphatic rings. The molecule has 0 aromatic heterocycles. The van der Waals surface area contributed by atoms with E-state index in [-0.39, 0.29) is 17.3 Å². The van der Waals surface area contributed by atoms with Gasteiger partial charge < -0.3 is 15.0 Å². The largest absolute Gasteiger partial charge is 0.494 e. The lowest BCUT2D eigenvalue weighted by Gasteiger charge is -2.32. The third-order valence-electron chi connectivity index (χ3n) is 6.05. The fourth-order valence-electron chi connectivity index (χ4n) is 4.02. The molecule has 38 heavy (non-hydrogen) atoms. The predicted molar refractivity (Wildman–Crippen MR) is 149 cm³/mol. The first-order chi connectivity index (χ1) is 18.3. The fourth-order valence-corrected chi connectivity index (χ4v) is 5.43. The van der Waals surface area contributed by atoms with E-state index in [1.807, 2.05) is 37.3 Å². The second-order valence-electron chi connectivity index (χ2n) is 8.64. The summed E-state index contributed by atoms with van der Waals surface area (Å²) >= 11 is 0. The van der Waals surface area contributed by atoms with E-state index < -0.39 is 28.5 Å². The molecule has 0 aliphatic carbocycles. The van der Waals surface area contributed by atoms with Crippen LogP contribution in [-0.4, -0.2) is 57.4 Å². The van der Waals surface area contributed by atoms with Crippen LogP contribution in [0, 0.1) is 0 Å². The standard InChI is InChI=1S/C29H35N3O5S/c1-4-30-29(34)23(3)31(21-20-24-12-8-6-9-13-24)28(33)22-32(25-14-10-7-11-15-25)38(35,36)27-18-16-26(17-19-27)37-5-2/h6-19,23H,4-5,20-22H2,1-3H3,(H,30,34)/t23-/m1/s1. The highest BCUT2D eigenvalue weighted by atomic mass is 32.2. The predicted octanol–water partition coefficient (Wildman–Crippen LogP) is 3.88. The van der Waals surface area contributed by atoms with Gasteiger partial charge in [-0.05, 0) is 69.2 Å². The van der Waals surface area contributed by atoms with Crippen LogP contribution >= 0.6 is 0 Å². The Hall–Kier alpha value is -3.85. The molecular weight excluding hydrogens is 502 g/mol. The minimum absolute atomic E-state index is 0.0326. The van der Waals surface area contributed by atoms with E-state index in [1.165, 1.54) is 17.0 Å². The first-order valence-electron chi connectivity index (χ1n) is 12.7. The van der Waals surface area contributed by atoms with Crippen molar-refractivity contribution in [3.05, 3.63) is 90.5 Å². The normalized spacial score (nSPS) is 11.9. The zero-order chi connectivity index (χ0) is 27.5. The van der Waals surface area contributed by atoms with Gasteiger partial charge in [0.2, 0.25) is 11.8 Å². The molecule has 0 unspecified atom stereocenters. The summed E-state index contributed by atoms with van der Waals surface area (Å²) in [6.07, 6.45) is 0.521.